The van der Waals surface area contributed by atoms with Gasteiger partial charge in [0.2, 0.25) is 0 Å². The quantitative estimate of drug-likeness (QED) is 0.686. The lowest BCUT2D eigenvalue weighted by molar-refractivity contribution is 0.498. The van der Waals surface area contributed by atoms with Crippen molar-refractivity contribution in [3.63, 3.8) is 0 Å². The summed E-state index contributed by atoms with van der Waals surface area (Å²) >= 11 is 6.59. The number of nitrogens with one attached hydrogen (secondary N) is 1. The molecule has 2 aromatic rings. The molecule has 2 aromatic carbocycles. The Kier molecular flexibility index (Phi) is 5.90. The van der Waals surface area contributed by atoms with Gasteiger partial charge in [-0.05, 0) is 48.9 Å². The first kappa shape index (κ1) is 16.6. The molecule has 0 heterocycles. The van der Waals surface area contributed by atoms with Crippen LogP contribution in [0, 0.1) is 11.6 Å². The van der Waals surface area contributed by atoms with E-state index in [1.165, 1.54) is 12.1 Å². The van der Waals surface area contributed by atoms with Crippen molar-refractivity contribution in [1.29, 1.82) is 0 Å². The molecule has 1 unspecified atom stereocenters. The molecule has 1 nitrogen and oxygen atoms in total. The summed E-state index contributed by atoms with van der Waals surface area (Å²) in [5.74, 6) is -0.579. The van der Waals surface area contributed by atoms with Gasteiger partial charge >= 0.3 is 0 Å². The highest BCUT2D eigenvalue weighted by molar-refractivity contribution is 9.10. The Labute approximate surface area is 140 Å². The molecular formula is C16H15Br2F2N. The monoisotopic (exact) mass is 417 g/mol. The van der Waals surface area contributed by atoms with Gasteiger partial charge in [-0.25, -0.2) is 8.78 Å². The topological polar surface area (TPSA) is 12.0 Å². The largest absolute Gasteiger partial charge is 0.310 e. The Morgan fingerprint density at radius 2 is 1.67 bits per heavy atom. The predicted octanol–water partition coefficient (Wildman–Crippen LogP) is 5.38. The highest BCUT2D eigenvalue weighted by atomic mass is 79.9. The maximum atomic E-state index is 14.0. The van der Waals surface area contributed by atoms with Gasteiger partial charge in [0, 0.05) is 20.6 Å². The summed E-state index contributed by atoms with van der Waals surface area (Å²) in [6, 6.07) is 9.47. The first-order valence-corrected chi connectivity index (χ1v) is 8.22. The van der Waals surface area contributed by atoms with Crippen molar-refractivity contribution in [2.75, 3.05) is 6.54 Å². The van der Waals surface area contributed by atoms with Gasteiger partial charge in [-0.2, -0.15) is 0 Å². The number of likely N-dealkylation sites (N-methyl/N-ethyl adjacent to an activating group) is 1. The first-order chi connectivity index (χ1) is 10.0. The maximum absolute atomic E-state index is 14.0. The van der Waals surface area contributed by atoms with Crippen LogP contribution in [0.2, 0.25) is 0 Å². The zero-order valence-electron chi connectivity index (χ0n) is 11.5. The third kappa shape index (κ3) is 4.34. The third-order valence-electron chi connectivity index (χ3n) is 3.22. The summed E-state index contributed by atoms with van der Waals surface area (Å²) in [5, 5.41) is 3.22. The summed E-state index contributed by atoms with van der Waals surface area (Å²) in [7, 11) is 0. The summed E-state index contributed by atoms with van der Waals surface area (Å²) in [6.07, 6.45) is 0.389. The van der Waals surface area contributed by atoms with Crippen LogP contribution in [0.1, 0.15) is 24.1 Å². The van der Waals surface area contributed by atoms with Gasteiger partial charge < -0.3 is 5.32 Å². The highest BCUT2D eigenvalue weighted by Crippen LogP contribution is 2.26. The van der Waals surface area contributed by atoms with Gasteiger partial charge in [-0.1, -0.05) is 44.8 Å². The fourth-order valence-electron chi connectivity index (χ4n) is 2.23. The molecule has 0 saturated carbocycles. The Bertz CT molecular complexity index is 632. The van der Waals surface area contributed by atoms with E-state index in [9.17, 15) is 8.78 Å². The van der Waals surface area contributed by atoms with E-state index >= 15 is 0 Å². The number of rotatable bonds is 5. The smallest absolute Gasteiger partial charge is 0.128 e. The van der Waals surface area contributed by atoms with E-state index in [-0.39, 0.29) is 17.7 Å². The molecule has 2 rings (SSSR count). The van der Waals surface area contributed by atoms with E-state index < -0.39 is 0 Å². The van der Waals surface area contributed by atoms with Gasteiger partial charge in [-0.15, -0.1) is 0 Å². The Hall–Kier alpha value is -0.780. The molecule has 0 fully saturated rings. The number of hydrogen-bond donors (Lipinski definition) is 1. The van der Waals surface area contributed by atoms with Crippen LogP contribution in [-0.2, 0) is 6.42 Å². The minimum Gasteiger partial charge on any atom is -0.310 e. The van der Waals surface area contributed by atoms with Crippen molar-refractivity contribution in [2.24, 2.45) is 0 Å². The zero-order chi connectivity index (χ0) is 15.4. The molecule has 1 N–H and O–H groups in total. The van der Waals surface area contributed by atoms with E-state index in [1.807, 2.05) is 6.92 Å². The molecule has 0 spiro atoms. The SMILES string of the molecule is CCNC(Cc1ccc(Br)cc1F)c1cc(Br)ccc1F. The van der Waals surface area contributed by atoms with Crippen LogP contribution < -0.4 is 5.32 Å². The predicted molar refractivity (Wildman–Crippen MR) is 88.3 cm³/mol. The normalized spacial score (nSPS) is 12.4. The third-order valence-corrected chi connectivity index (χ3v) is 4.21. The van der Waals surface area contributed by atoms with Gasteiger partial charge in [-0.3, -0.25) is 0 Å². The highest BCUT2D eigenvalue weighted by Gasteiger charge is 2.17. The molecule has 0 aliphatic rings. The number of halogens is 4. The Balaban J connectivity index is 2.32. The molecule has 1 atom stereocenters. The van der Waals surface area contributed by atoms with Gasteiger partial charge in [0.15, 0.2) is 0 Å². The fourth-order valence-corrected chi connectivity index (χ4v) is 2.94. The van der Waals surface area contributed by atoms with Gasteiger partial charge in [0.05, 0.1) is 0 Å². The van der Waals surface area contributed by atoms with Gasteiger partial charge in [0.1, 0.15) is 11.6 Å². The minimum atomic E-state index is -0.290. The molecule has 0 aliphatic carbocycles. The molecule has 5 heteroatoms. The van der Waals surface area contributed by atoms with Crippen LogP contribution in [0.4, 0.5) is 8.78 Å². The molecule has 112 valence electrons. The fraction of sp³-hybridized carbons (Fsp3) is 0.250. The second-order valence-electron chi connectivity index (χ2n) is 4.72. The van der Waals surface area contributed by atoms with Crippen molar-refractivity contribution in [2.45, 2.75) is 19.4 Å². The molecule has 0 amide bonds. The van der Waals surface area contributed by atoms with Crippen molar-refractivity contribution < 1.29 is 8.78 Å². The molecule has 0 bridgehead atoms. The van der Waals surface area contributed by atoms with Crippen LogP contribution in [0.5, 0.6) is 0 Å². The summed E-state index contributed by atoms with van der Waals surface area (Å²) in [6.45, 7) is 2.62. The van der Waals surface area contributed by atoms with Crippen LogP contribution >= 0.6 is 31.9 Å². The average Bonchev–Trinajstić information content (AvgIpc) is 2.44. The lowest BCUT2D eigenvalue weighted by atomic mass is 9.98. The van der Waals surface area contributed by atoms with E-state index in [2.05, 4.69) is 37.2 Å². The molecule has 21 heavy (non-hydrogen) atoms. The molecular weight excluding hydrogens is 404 g/mol. The summed E-state index contributed by atoms with van der Waals surface area (Å²) in [4.78, 5) is 0. The second kappa shape index (κ2) is 7.47. The molecule has 0 radical (unpaired) electrons. The molecule has 0 saturated heterocycles. The Morgan fingerprint density at radius 3 is 2.33 bits per heavy atom. The van der Waals surface area contributed by atoms with Crippen molar-refractivity contribution in [1.82, 2.24) is 5.32 Å². The Morgan fingerprint density at radius 1 is 1.00 bits per heavy atom. The standard InChI is InChI=1S/C16H15Br2F2N/c1-2-21-16(13-8-11(17)5-6-14(13)19)7-10-3-4-12(18)9-15(10)20/h3-6,8-9,16,21H,2,7H2,1H3. The van der Waals surface area contributed by atoms with Crippen LogP contribution in [0.15, 0.2) is 45.3 Å². The lowest BCUT2D eigenvalue weighted by Crippen LogP contribution is -2.24. The van der Waals surface area contributed by atoms with Crippen LogP contribution in [0.3, 0.4) is 0 Å². The number of benzene rings is 2. The molecule has 0 aromatic heterocycles. The van der Waals surface area contributed by atoms with Crippen LogP contribution in [0.25, 0.3) is 0 Å². The van der Waals surface area contributed by atoms with E-state index in [4.69, 9.17) is 0 Å². The van der Waals surface area contributed by atoms with Crippen molar-refractivity contribution >= 4 is 31.9 Å². The van der Waals surface area contributed by atoms with Crippen LogP contribution in [-0.4, -0.2) is 6.54 Å². The average molecular weight is 419 g/mol. The van der Waals surface area contributed by atoms with Crippen molar-refractivity contribution in [3.05, 3.63) is 68.1 Å². The first-order valence-electron chi connectivity index (χ1n) is 6.63. The molecule has 0 aliphatic heterocycles. The zero-order valence-corrected chi connectivity index (χ0v) is 14.6. The minimum absolute atomic E-state index is 0.275. The summed E-state index contributed by atoms with van der Waals surface area (Å²) < 4.78 is 29.5. The van der Waals surface area contributed by atoms with E-state index in [1.54, 1.807) is 24.3 Å². The number of hydrogen-bond acceptors (Lipinski definition) is 1. The van der Waals surface area contributed by atoms with E-state index in [0.717, 1.165) is 4.47 Å². The van der Waals surface area contributed by atoms with Crippen molar-refractivity contribution in [3.8, 4) is 0 Å². The lowest BCUT2D eigenvalue weighted by Gasteiger charge is -2.20. The van der Waals surface area contributed by atoms with E-state index in [0.29, 0.717) is 28.6 Å². The summed E-state index contributed by atoms with van der Waals surface area (Å²) in [5.41, 5.74) is 1.09. The second-order valence-corrected chi connectivity index (χ2v) is 6.55. The van der Waals surface area contributed by atoms with Gasteiger partial charge in [0.25, 0.3) is 0 Å². The maximum Gasteiger partial charge on any atom is 0.128 e.